The van der Waals surface area contributed by atoms with Gasteiger partial charge in [-0.05, 0) is 23.0 Å². The highest BCUT2D eigenvalue weighted by atomic mass is 35.5. The summed E-state index contributed by atoms with van der Waals surface area (Å²) in [6, 6.07) is 4.16. The van der Waals surface area contributed by atoms with Crippen LogP contribution in [0.3, 0.4) is 0 Å². The highest BCUT2D eigenvalue weighted by Gasteiger charge is 2.20. The predicted molar refractivity (Wildman–Crippen MR) is 88.8 cm³/mol. The lowest BCUT2D eigenvalue weighted by atomic mass is 10.2. The molecule has 0 saturated carbocycles. The maximum atomic E-state index is 6.16. The standard InChI is InChI=1S/C14H12ClN3OS2/c15-14-16-11-9(10-2-1-7-20-10)8-21-12(11)13(17-14)18-3-5-19-6-4-18/h1-2,7-8H,3-6H2. The van der Waals surface area contributed by atoms with Crippen molar-refractivity contribution in [3.8, 4) is 10.4 Å². The predicted octanol–water partition coefficient (Wildman–Crippen LogP) is 3.91. The van der Waals surface area contributed by atoms with E-state index in [2.05, 4.69) is 37.8 Å². The molecule has 0 unspecified atom stereocenters. The van der Waals surface area contributed by atoms with Crippen molar-refractivity contribution in [2.45, 2.75) is 0 Å². The first-order valence-electron chi connectivity index (χ1n) is 6.64. The van der Waals surface area contributed by atoms with Crippen molar-refractivity contribution in [1.29, 1.82) is 0 Å². The van der Waals surface area contributed by atoms with Crippen molar-refractivity contribution in [3.05, 3.63) is 28.2 Å². The molecule has 0 radical (unpaired) electrons. The third kappa shape index (κ3) is 2.42. The molecule has 0 aliphatic carbocycles. The summed E-state index contributed by atoms with van der Waals surface area (Å²) in [4.78, 5) is 12.4. The highest BCUT2D eigenvalue weighted by Crippen LogP contribution is 2.39. The Hall–Kier alpha value is -1.21. The number of thiophene rings is 2. The number of anilines is 1. The second-order valence-electron chi connectivity index (χ2n) is 4.72. The molecule has 7 heteroatoms. The Morgan fingerprint density at radius 1 is 1.19 bits per heavy atom. The Balaban J connectivity index is 1.88. The van der Waals surface area contributed by atoms with Gasteiger partial charge < -0.3 is 9.64 Å². The van der Waals surface area contributed by atoms with E-state index < -0.39 is 0 Å². The van der Waals surface area contributed by atoms with E-state index in [1.54, 1.807) is 22.7 Å². The Morgan fingerprint density at radius 2 is 2.05 bits per heavy atom. The first-order valence-corrected chi connectivity index (χ1v) is 8.78. The van der Waals surface area contributed by atoms with Crippen molar-refractivity contribution in [2.75, 3.05) is 31.2 Å². The van der Waals surface area contributed by atoms with E-state index in [4.69, 9.17) is 16.3 Å². The molecule has 0 atom stereocenters. The van der Waals surface area contributed by atoms with E-state index in [0.717, 1.165) is 47.9 Å². The molecule has 1 aliphatic heterocycles. The second-order valence-corrected chi connectivity index (χ2v) is 6.89. The lowest BCUT2D eigenvalue weighted by Crippen LogP contribution is -2.36. The summed E-state index contributed by atoms with van der Waals surface area (Å²) in [5.74, 6) is 0.932. The summed E-state index contributed by atoms with van der Waals surface area (Å²) in [7, 11) is 0. The minimum absolute atomic E-state index is 0.306. The topological polar surface area (TPSA) is 38.2 Å². The highest BCUT2D eigenvalue weighted by molar-refractivity contribution is 7.19. The van der Waals surface area contributed by atoms with Crippen LogP contribution in [0.25, 0.3) is 20.7 Å². The van der Waals surface area contributed by atoms with Crippen molar-refractivity contribution in [2.24, 2.45) is 0 Å². The fourth-order valence-electron chi connectivity index (χ4n) is 2.47. The number of halogens is 1. The van der Waals surface area contributed by atoms with Crippen molar-refractivity contribution in [1.82, 2.24) is 9.97 Å². The van der Waals surface area contributed by atoms with Gasteiger partial charge in [0.05, 0.1) is 23.4 Å². The van der Waals surface area contributed by atoms with Gasteiger partial charge in [0.15, 0.2) is 5.82 Å². The number of fused-ring (bicyclic) bond motifs is 1. The Morgan fingerprint density at radius 3 is 2.81 bits per heavy atom. The van der Waals surface area contributed by atoms with Crippen LogP contribution in [0, 0.1) is 0 Å². The maximum absolute atomic E-state index is 6.16. The summed E-state index contributed by atoms with van der Waals surface area (Å²) >= 11 is 9.56. The fourth-order valence-corrected chi connectivity index (χ4v) is 4.48. The fraction of sp³-hybridized carbons (Fsp3) is 0.286. The molecule has 0 spiro atoms. The van der Waals surface area contributed by atoms with Gasteiger partial charge in [0.2, 0.25) is 5.28 Å². The molecule has 0 amide bonds. The summed E-state index contributed by atoms with van der Waals surface area (Å²) in [5, 5.41) is 4.52. The molecule has 108 valence electrons. The Kier molecular flexibility index (Phi) is 3.54. The average Bonchev–Trinajstić information content (AvgIpc) is 3.15. The molecule has 1 saturated heterocycles. The zero-order valence-corrected chi connectivity index (χ0v) is 13.5. The summed E-state index contributed by atoms with van der Waals surface area (Å²) in [6.07, 6.45) is 0. The van der Waals surface area contributed by atoms with Crippen LogP contribution in [0.5, 0.6) is 0 Å². The number of ether oxygens (including phenoxy) is 1. The largest absolute Gasteiger partial charge is 0.378 e. The summed E-state index contributed by atoms with van der Waals surface area (Å²) in [5.41, 5.74) is 2.09. The van der Waals surface area contributed by atoms with Crippen LogP contribution in [-0.2, 0) is 4.74 Å². The SMILES string of the molecule is Clc1nc(N2CCOCC2)c2scc(-c3cccs3)c2n1. The number of hydrogen-bond donors (Lipinski definition) is 0. The van der Waals surface area contributed by atoms with Crippen LogP contribution in [0.1, 0.15) is 0 Å². The van der Waals surface area contributed by atoms with Gasteiger partial charge in [-0.2, -0.15) is 4.98 Å². The van der Waals surface area contributed by atoms with Crippen LogP contribution in [0.15, 0.2) is 22.9 Å². The average molecular weight is 338 g/mol. The molecule has 4 nitrogen and oxygen atoms in total. The van der Waals surface area contributed by atoms with Gasteiger partial charge in [-0.25, -0.2) is 4.98 Å². The molecule has 0 bridgehead atoms. The van der Waals surface area contributed by atoms with Gasteiger partial charge >= 0.3 is 0 Å². The van der Waals surface area contributed by atoms with E-state index in [1.165, 1.54) is 4.88 Å². The molecule has 0 N–H and O–H groups in total. The minimum atomic E-state index is 0.306. The van der Waals surface area contributed by atoms with Gasteiger partial charge in [-0.1, -0.05) is 6.07 Å². The van der Waals surface area contributed by atoms with E-state index in [9.17, 15) is 0 Å². The quantitative estimate of drug-likeness (QED) is 0.664. The molecule has 21 heavy (non-hydrogen) atoms. The molecule has 1 aliphatic rings. The molecule has 4 rings (SSSR count). The number of nitrogens with zero attached hydrogens (tertiary/aromatic N) is 3. The van der Waals surface area contributed by atoms with Crippen LogP contribution in [0.2, 0.25) is 5.28 Å². The Labute approximate surface area is 135 Å². The number of aromatic nitrogens is 2. The molecular weight excluding hydrogens is 326 g/mol. The van der Waals surface area contributed by atoms with Gasteiger partial charge in [0.25, 0.3) is 0 Å². The lowest BCUT2D eigenvalue weighted by Gasteiger charge is -2.28. The summed E-state index contributed by atoms with van der Waals surface area (Å²) < 4.78 is 6.52. The minimum Gasteiger partial charge on any atom is -0.378 e. The first kappa shape index (κ1) is 13.5. The van der Waals surface area contributed by atoms with Gasteiger partial charge in [-0.15, -0.1) is 22.7 Å². The molecule has 0 aromatic carbocycles. The van der Waals surface area contributed by atoms with E-state index in [0.29, 0.717) is 5.28 Å². The number of morpholine rings is 1. The van der Waals surface area contributed by atoms with Gasteiger partial charge in [0, 0.05) is 28.9 Å². The van der Waals surface area contributed by atoms with E-state index in [1.807, 2.05) is 0 Å². The van der Waals surface area contributed by atoms with E-state index >= 15 is 0 Å². The Bertz CT molecular complexity index is 766. The normalized spacial score (nSPS) is 15.8. The lowest BCUT2D eigenvalue weighted by molar-refractivity contribution is 0.122. The zero-order chi connectivity index (χ0) is 14.2. The van der Waals surface area contributed by atoms with Crippen LogP contribution in [-0.4, -0.2) is 36.3 Å². The van der Waals surface area contributed by atoms with Gasteiger partial charge in [0.1, 0.15) is 0 Å². The summed E-state index contributed by atoms with van der Waals surface area (Å²) in [6.45, 7) is 3.14. The second kappa shape index (κ2) is 5.53. The first-order chi connectivity index (χ1) is 10.3. The third-order valence-electron chi connectivity index (χ3n) is 3.47. The molecule has 3 aromatic heterocycles. The third-order valence-corrected chi connectivity index (χ3v) is 5.50. The monoisotopic (exact) mass is 337 g/mol. The van der Waals surface area contributed by atoms with Crippen LogP contribution < -0.4 is 4.90 Å². The van der Waals surface area contributed by atoms with Crippen molar-refractivity contribution >= 4 is 50.3 Å². The van der Waals surface area contributed by atoms with E-state index in [-0.39, 0.29) is 0 Å². The van der Waals surface area contributed by atoms with Gasteiger partial charge in [-0.3, -0.25) is 0 Å². The van der Waals surface area contributed by atoms with Crippen LogP contribution >= 0.6 is 34.3 Å². The smallest absolute Gasteiger partial charge is 0.224 e. The maximum Gasteiger partial charge on any atom is 0.224 e. The molecule has 3 aromatic rings. The van der Waals surface area contributed by atoms with Crippen LogP contribution in [0.4, 0.5) is 5.82 Å². The molecule has 4 heterocycles. The molecular formula is C14H12ClN3OS2. The zero-order valence-electron chi connectivity index (χ0n) is 11.1. The van der Waals surface area contributed by atoms with Crippen molar-refractivity contribution in [3.63, 3.8) is 0 Å². The van der Waals surface area contributed by atoms with Crippen molar-refractivity contribution < 1.29 is 4.74 Å². The number of hydrogen-bond acceptors (Lipinski definition) is 6. The number of rotatable bonds is 2. The molecule has 1 fully saturated rings.